The molecule has 27 heavy (non-hydrogen) atoms. The van der Waals surface area contributed by atoms with Crippen molar-refractivity contribution < 1.29 is 63.7 Å². The molecule has 0 amide bonds. The van der Waals surface area contributed by atoms with E-state index in [1.54, 1.807) is 0 Å². The number of carboxylic acid groups (broad SMARTS) is 3. The number of carbonyl (C=O) groups excluding carboxylic acids is 5. The number of rotatable bonds is 11. The largest absolute Gasteiger partial charge is 1.00 e. The summed E-state index contributed by atoms with van der Waals surface area (Å²) in [4.78, 5) is 46.7. The van der Waals surface area contributed by atoms with Crippen molar-refractivity contribution >= 4 is 24.1 Å². The quantitative estimate of drug-likeness (QED) is 0.242. The molecule has 0 saturated carbocycles. The predicted octanol–water partition coefficient (Wildman–Crippen LogP) is -8.20. The van der Waals surface area contributed by atoms with Crippen molar-refractivity contribution in [3.05, 3.63) is 0 Å². The minimum Gasteiger partial charge on any atom is -0.544 e. The molecule has 0 fully saturated rings. The minimum absolute atomic E-state index is 0. The first-order valence-electron chi connectivity index (χ1n) is 7.95. The summed E-state index contributed by atoms with van der Waals surface area (Å²) in [5, 5.41) is 30.5. The van der Waals surface area contributed by atoms with Crippen LogP contribution in [0.3, 0.4) is 0 Å². The van der Waals surface area contributed by atoms with E-state index in [0.717, 1.165) is 19.4 Å². The lowest BCUT2D eigenvalue weighted by Gasteiger charge is -2.11. The lowest BCUT2D eigenvalue weighted by molar-refractivity contribution is -0.444. The normalized spacial score (nSPS) is 12.3. The SMILES string of the molecule is C.O=C=O.[H+].[NH3+]CCCC[C@H]([NH3+])C(=O)[O-].[NH3+][C@H](CCC[C@H]([NH3+])C(=O)[O-])C(=O)[O-]. The van der Waals surface area contributed by atoms with Crippen molar-refractivity contribution in [2.45, 2.75) is 64.1 Å². The molecular formula is C15H34N4O8+2. The highest BCUT2D eigenvalue weighted by Gasteiger charge is 2.11. The molecule has 0 aromatic carbocycles. The van der Waals surface area contributed by atoms with Crippen molar-refractivity contribution in [2.75, 3.05) is 6.54 Å². The van der Waals surface area contributed by atoms with Gasteiger partial charge < -0.3 is 52.6 Å². The molecule has 12 nitrogen and oxygen atoms in total. The highest BCUT2D eigenvalue weighted by Crippen LogP contribution is 1.98. The molecule has 12 N–H and O–H groups in total. The van der Waals surface area contributed by atoms with Crippen LogP contribution in [0.1, 0.15) is 47.4 Å². The van der Waals surface area contributed by atoms with E-state index in [1.807, 2.05) is 0 Å². The Morgan fingerprint density at radius 1 is 0.741 bits per heavy atom. The summed E-state index contributed by atoms with van der Waals surface area (Å²) in [5.41, 5.74) is 13.7. The summed E-state index contributed by atoms with van der Waals surface area (Å²) in [6, 6.07) is -2.12. The third-order valence-corrected chi connectivity index (χ3v) is 3.16. The molecule has 0 bridgehead atoms. The summed E-state index contributed by atoms with van der Waals surface area (Å²) < 4.78 is 0. The first-order valence-corrected chi connectivity index (χ1v) is 7.95. The van der Waals surface area contributed by atoms with E-state index < -0.39 is 36.0 Å². The van der Waals surface area contributed by atoms with Crippen molar-refractivity contribution in [1.82, 2.24) is 0 Å². The Balaban J connectivity index is -0.000000106. The third-order valence-electron chi connectivity index (χ3n) is 3.16. The van der Waals surface area contributed by atoms with Gasteiger partial charge in [-0.25, -0.2) is 0 Å². The van der Waals surface area contributed by atoms with E-state index >= 15 is 0 Å². The molecular weight excluding hydrogens is 364 g/mol. The molecule has 0 rings (SSSR count). The molecule has 0 aromatic rings. The average Bonchev–Trinajstić information content (AvgIpc) is 2.55. The van der Waals surface area contributed by atoms with E-state index in [9.17, 15) is 29.7 Å². The Hall–Kier alpha value is -2.37. The van der Waals surface area contributed by atoms with Gasteiger partial charge in [-0.2, -0.15) is 9.59 Å². The zero-order valence-corrected chi connectivity index (χ0v) is 14.8. The summed E-state index contributed by atoms with van der Waals surface area (Å²) in [6.07, 6.45) is 3.77. The highest BCUT2D eigenvalue weighted by atomic mass is 16.4. The van der Waals surface area contributed by atoms with Gasteiger partial charge in [0.05, 0.1) is 24.5 Å². The van der Waals surface area contributed by atoms with Gasteiger partial charge in [0.15, 0.2) is 0 Å². The Kier molecular flexibility index (Phi) is 25.9. The Labute approximate surface area is 159 Å². The van der Waals surface area contributed by atoms with Crippen LogP contribution < -0.4 is 38.3 Å². The van der Waals surface area contributed by atoms with Gasteiger partial charge in [0.1, 0.15) is 18.1 Å². The maximum atomic E-state index is 10.2. The molecule has 0 spiro atoms. The Bertz CT molecular complexity index is 428. The van der Waals surface area contributed by atoms with Crippen molar-refractivity contribution in [1.29, 1.82) is 0 Å². The number of hydrogen-bond donors (Lipinski definition) is 4. The second-order valence-corrected chi connectivity index (χ2v) is 5.41. The molecule has 0 unspecified atom stereocenters. The molecule has 0 aliphatic carbocycles. The van der Waals surface area contributed by atoms with Crippen molar-refractivity contribution in [3.63, 3.8) is 0 Å². The number of quaternary nitrogens is 4. The van der Waals surface area contributed by atoms with Gasteiger partial charge in [0.2, 0.25) is 0 Å². The van der Waals surface area contributed by atoms with E-state index in [4.69, 9.17) is 9.59 Å². The standard InChI is InChI=1S/C7H14N2O4.C6H14N2O2.CO2.CH4/c8-4(6(10)11)2-1-3-5(9)7(12)13;7-4-2-1-3-5(8)6(9)10;2-1-3;/h4-5H,1-3,8-9H2,(H,10,11)(H,12,13);5H,1-4,7-8H2,(H,9,10);;1H4/p+2/t4-,5+;5-;;/m.0../s1. The minimum atomic E-state index is -1.21. The Morgan fingerprint density at radius 2 is 1.00 bits per heavy atom. The first-order chi connectivity index (χ1) is 12.0. The number of unbranched alkanes of at least 4 members (excludes halogenated alkanes) is 1. The summed E-state index contributed by atoms with van der Waals surface area (Å²) in [7, 11) is 0. The van der Waals surface area contributed by atoms with Crippen LogP contribution in [0.2, 0.25) is 0 Å². The van der Waals surface area contributed by atoms with E-state index in [-0.39, 0.29) is 15.0 Å². The zero-order chi connectivity index (χ0) is 21.1. The molecule has 0 aliphatic rings. The lowest BCUT2D eigenvalue weighted by Crippen LogP contribution is -2.69. The third kappa shape index (κ3) is 26.0. The van der Waals surface area contributed by atoms with Crippen LogP contribution in [0.15, 0.2) is 0 Å². The first kappa shape index (κ1) is 32.3. The summed E-state index contributed by atoms with van der Waals surface area (Å²) in [5.74, 6) is -3.48. The van der Waals surface area contributed by atoms with Crippen LogP contribution in [0.4, 0.5) is 0 Å². The van der Waals surface area contributed by atoms with Gasteiger partial charge in [0.25, 0.3) is 0 Å². The van der Waals surface area contributed by atoms with Crippen LogP contribution >= 0.6 is 0 Å². The predicted molar refractivity (Wildman–Crippen MR) is 83.4 cm³/mol. The number of aliphatic carboxylic acids is 3. The smallest absolute Gasteiger partial charge is 0.544 e. The van der Waals surface area contributed by atoms with E-state index in [0.29, 0.717) is 25.7 Å². The van der Waals surface area contributed by atoms with Gasteiger partial charge in [-0.3, -0.25) is 0 Å². The monoisotopic (exact) mass is 398 g/mol. The van der Waals surface area contributed by atoms with Gasteiger partial charge in [-0.1, -0.05) is 7.43 Å². The molecule has 0 aromatic heterocycles. The van der Waals surface area contributed by atoms with Gasteiger partial charge in [-0.05, 0) is 19.3 Å². The number of carboxylic acids is 3. The molecule has 0 saturated heterocycles. The number of carbonyl (C=O) groups is 3. The zero-order valence-electron chi connectivity index (χ0n) is 15.8. The van der Waals surface area contributed by atoms with Crippen LogP contribution in [0, 0.1) is 0 Å². The molecule has 0 aliphatic heterocycles. The maximum absolute atomic E-state index is 10.2. The van der Waals surface area contributed by atoms with Crippen molar-refractivity contribution in [2.24, 2.45) is 0 Å². The fourth-order valence-corrected chi connectivity index (χ4v) is 1.53. The van der Waals surface area contributed by atoms with Crippen LogP contribution in [-0.4, -0.2) is 48.7 Å². The van der Waals surface area contributed by atoms with E-state index in [2.05, 4.69) is 22.9 Å². The highest BCUT2D eigenvalue weighted by molar-refractivity contribution is 5.70. The second kappa shape index (κ2) is 21.7. The molecule has 3 atom stereocenters. The second-order valence-electron chi connectivity index (χ2n) is 5.41. The van der Waals surface area contributed by atoms with Gasteiger partial charge in [-0.15, -0.1) is 0 Å². The van der Waals surface area contributed by atoms with Gasteiger partial charge >= 0.3 is 7.58 Å². The number of hydrogen-bond acceptors (Lipinski definition) is 8. The molecule has 0 heterocycles. The van der Waals surface area contributed by atoms with E-state index in [1.165, 1.54) is 0 Å². The molecule has 12 heteroatoms. The Morgan fingerprint density at radius 3 is 1.22 bits per heavy atom. The summed E-state index contributed by atoms with van der Waals surface area (Å²) >= 11 is 0. The molecule has 0 radical (unpaired) electrons. The lowest BCUT2D eigenvalue weighted by atomic mass is 10.1. The van der Waals surface area contributed by atoms with Crippen LogP contribution in [0.5, 0.6) is 0 Å². The topological polar surface area (TPSA) is 265 Å². The fraction of sp³-hybridized carbons (Fsp3) is 0.733. The summed E-state index contributed by atoms with van der Waals surface area (Å²) in [6.45, 7) is 0.861. The maximum Gasteiger partial charge on any atom is 1.00 e. The van der Waals surface area contributed by atoms with Gasteiger partial charge in [0, 0.05) is 19.3 Å². The van der Waals surface area contributed by atoms with Crippen molar-refractivity contribution in [3.8, 4) is 0 Å². The van der Waals surface area contributed by atoms with Crippen LogP contribution in [-0.2, 0) is 24.0 Å². The average molecular weight is 398 g/mol. The molecule has 160 valence electrons. The fourth-order valence-electron chi connectivity index (χ4n) is 1.53. The van der Waals surface area contributed by atoms with Crippen LogP contribution in [0.25, 0.3) is 0 Å².